The van der Waals surface area contributed by atoms with Crippen LogP contribution in [-0.2, 0) is 7.05 Å². The first-order valence-electron chi connectivity index (χ1n) is 3.23. The molecular formula is C6H5IN4S. The summed E-state index contributed by atoms with van der Waals surface area (Å²) in [5.41, 5.74) is 1.75. The SMILES string of the molecule is Cn1cnc2c(SI)ncnc21. The molecule has 0 aliphatic rings. The third-order valence-corrected chi connectivity index (χ3v) is 3.23. The van der Waals surface area contributed by atoms with Gasteiger partial charge in [-0.25, -0.2) is 15.0 Å². The number of hydrogen-bond acceptors (Lipinski definition) is 4. The summed E-state index contributed by atoms with van der Waals surface area (Å²) in [7, 11) is 3.48. The van der Waals surface area contributed by atoms with E-state index < -0.39 is 0 Å². The average molecular weight is 292 g/mol. The van der Waals surface area contributed by atoms with E-state index in [0.717, 1.165) is 16.2 Å². The second kappa shape index (κ2) is 3.17. The van der Waals surface area contributed by atoms with E-state index in [1.807, 2.05) is 11.6 Å². The van der Waals surface area contributed by atoms with Crippen LogP contribution in [0.3, 0.4) is 0 Å². The molecule has 0 fully saturated rings. The maximum absolute atomic E-state index is 4.20. The Labute approximate surface area is 85.4 Å². The molecule has 12 heavy (non-hydrogen) atoms. The molecule has 0 aromatic carbocycles. The third kappa shape index (κ3) is 1.18. The number of halogens is 1. The Bertz CT molecular complexity index is 413. The minimum atomic E-state index is 0.874. The zero-order valence-corrected chi connectivity index (χ0v) is 9.20. The van der Waals surface area contributed by atoms with Crippen LogP contribution in [0, 0.1) is 0 Å². The Hall–Kier alpha value is -0.370. The largest absolute Gasteiger partial charge is 0.318 e. The predicted octanol–water partition coefficient (Wildman–Crippen LogP) is 1.81. The smallest absolute Gasteiger partial charge is 0.164 e. The number of imidazole rings is 1. The monoisotopic (exact) mass is 292 g/mol. The van der Waals surface area contributed by atoms with Gasteiger partial charge in [0.2, 0.25) is 0 Å². The molecule has 0 aliphatic carbocycles. The number of fused-ring (bicyclic) bond motifs is 1. The summed E-state index contributed by atoms with van der Waals surface area (Å²) in [5.74, 6) is 0. The standard InChI is InChI=1S/C6H5IN4S/c1-11-3-10-4-5(11)8-2-9-6(4)12-7/h2-3H,1H3. The minimum absolute atomic E-state index is 0.874. The molecule has 0 spiro atoms. The summed E-state index contributed by atoms with van der Waals surface area (Å²) in [6.07, 6.45) is 3.31. The fraction of sp³-hybridized carbons (Fsp3) is 0.167. The fourth-order valence-electron chi connectivity index (χ4n) is 0.980. The van der Waals surface area contributed by atoms with Crippen LogP contribution in [-0.4, -0.2) is 19.5 Å². The van der Waals surface area contributed by atoms with Gasteiger partial charge in [-0.1, -0.05) is 0 Å². The molecule has 2 heterocycles. The van der Waals surface area contributed by atoms with Gasteiger partial charge in [0.05, 0.1) is 6.33 Å². The fourth-order valence-corrected chi connectivity index (χ4v) is 2.25. The van der Waals surface area contributed by atoms with Crippen LogP contribution in [0.25, 0.3) is 11.2 Å². The van der Waals surface area contributed by atoms with E-state index in [1.54, 1.807) is 21.6 Å². The van der Waals surface area contributed by atoms with Crippen molar-refractivity contribution in [1.29, 1.82) is 0 Å². The molecule has 6 heteroatoms. The van der Waals surface area contributed by atoms with Crippen LogP contribution < -0.4 is 0 Å². The first kappa shape index (κ1) is 8.24. The Morgan fingerprint density at radius 1 is 1.42 bits per heavy atom. The summed E-state index contributed by atoms with van der Waals surface area (Å²) in [6, 6.07) is 0. The highest BCUT2D eigenvalue weighted by molar-refractivity contribution is 14.2. The van der Waals surface area contributed by atoms with E-state index in [1.165, 1.54) is 0 Å². The summed E-state index contributed by atoms with van der Waals surface area (Å²) in [4.78, 5) is 12.4. The van der Waals surface area contributed by atoms with Crippen molar-refractivity contribution >= 4 is 41.3 Å². The minimum Gasteiger partial charge on any atom is -0.318 e. The molecule has 0 saturated carbocycles. The number of hydrogen-bond donors (Lipinski definition) is 0. The van der Waals surface area contributed by atoms with E-state index in [9.17, 15) is 0 Å². The lowest BCUT2D eigenvalue weighted by molar-refractivity contribution is 0.925. The molecule has 0 unspecified atom stereocenters. The van der Waals surface area contributed by atoms with E-state index in [4.69, 9.17) is 0 Å². The van der Waals surface area contributed by atoms with Crippen molar-refractivity contribution in [2.24, 2.45) is 7.05 Å². The highest BCUT2D eigenvalue weighted by atomic mass is 127. The van der Waals surface area contributed by atoms with Crippen LogP contribution in [0.2, 0.25) is 0 Å². The van der Waals surface area contributed by atoms with Gasteiger partial charge in [0.1, 0.15) is 16.9 Å². The van der Waals surface area contributed by atoms with E-state index in [2.05, 4.69) is 36.2 Å². The van der Waals surface area contributed by atoms with Crippen LogP contribution in [0.15, 0.2) is 17.7 Å². The topological polar surface area (TPSA) is 43.6 Å². The van der Waals surface area contributed by atoms with E-state index >= 15 is 0 Å². The lowest BCUT2D eigenvalue weighted by Gasteiger charge is -1.94. The van der Waals surface area contributed by atoms with Gasteiger partial charge in [-0.3, -0.25) is 0 Å². The Morgan fingerprint density at radius 3 is 3.00 bits per heavy atom. The predicted molar refractivity (Wildman–Crippen MR) is 56.2 cm³/mol. The van der Waals surface area contributed by atoms with Crippen molar-refractivity contribution in [2.45, 2.75) is 5.03 Å². The molecule has 0 atom stereocenters. The molecule has 2 rings (SSSR count). The van der Waals surface area contributed by atoms with Crippen molar-refractivity contribution < 1.29 is 0 Å². The molecule has 0 aliphatic heterocycles. The van der Waals surface area contributed by atoms with Gasteiger partial charge in [-0.15, -0.1) is 0 Å². The first-order chi connectivity index (χ1) is 5.83. The first-order valence-corrected chi connectivity index (χ1v) is 6.59. The third-order valence-electron chi connectivity index (χ3n) is 1.54. The number of nitrogens with zero attached hydrogens (tertiary/aromatic N) is 4. The number of aromatic nitrogens is 4. The number of aryl methyl sites for hydroxylation is 1. The molecule has 4 nitrogen and oxygen atoms in total. The summed E-state index contributed by atoms with van der Waals surface area (Å²) in [5, 5.41) is 0.918. The second-order valence-corrected chi connectivity index (χ2v) is 4.15. The van der Waals surface area contributed by atoms with Gasteiger partial charge in [0.25, 0.3) is 0 Å². The molecule has 0 saturated heterocycles. The van der Waals surface area contributed by atoms with Crippen molar-refractivity contribution in [3.05, 3.63) is 12.7 Å². The Kier molecular flexibility index (Phi) is 2.18. The van der Waals surface area contributed by atoms with Gasteiger partial charge in [0, 0.05) is 28.3 Å². The van der Waals surface area contributed by atoms with Crippen LogP contribution in [0.1, 0.15) is 0 Å². The lowest BCUT2D eigenvalue weighted by Crippen LogP contribution is -1.89. The summed E-state index contributed by atoms with van der Waals surface area (Å²) >= 11 is 2.19. The van der Waals surface area contributed by atoms with Crippen LogP contribution in [0.5, 0.6) is 0 Å². The van der Waals surface area contributed by atoms with E-state index in [-0.39, 0.29) is 0 Å². The van der Waals surface area contributed by atoms with Crippen molar-refractivity contribution in [3.8, 4) is 0 Å². The molecule has 0 radical (unpaired) electrons. The number of rotatable bonds is 1. The maximum Gasteiger partial charge on any atom is 0.164 e. The van der Waals surface area contributed by atoms with Crippen molar-refractivity contribution in [1.82, 2.24) is 19.5 Å². The molecule has 0 amide bonds. The average Bonchev–Trinajstić information content (AvgIpc) is 2.48. The summed E-state index contributed by atoms with van der Waals surface area (Å²) in [6.45, 7) is 0. The van der Waals surface area contributed by atoms with Gasteiger partial charge >= 0.3 is 0 Å². The Morgan fingerprint density at radius 2 is 2.25 bits per heavy atom. The van der Waals surface area contributed by atoms with Crippen LogP contribution >= 0.6 is 30.1 Å². The molecule has 0 bridgehead atoms. The second-order valence-electron chi connectivity index (χ2n) is 2.28. The lowest BCUT2D eigenvalue weighted by atomic mass is 10.5. The van der Waals surface area contributed by atoms with Gasteiger partial charge in [-0.05, 0) is 8.93 Å². The zero-order valence-electron chi connectivity index (χ0n) is 6.23. The quantitative estimate of drug-likeness (QED) is 0.594. The highest BCUT2D eigenvalue weighted by Gasteiger charge is 2.06. The van der Waals surface area contributed by atoms with Gasteiger partial charge < -0.3 is 4.57 Å². The zero-order chi connectivity index (χ0) is 8.55. The molecule has 62 valence electrons. The highest BCUT2D eigenvalue weighted by Crippen LogP contribution is 2.27. The molecule has 2 aromatic heterocycles. The van der Waals surface area contributed by atoms with Gasteiger partial charge in [-0.2, -0.15) is 0 Å². The molecule has 2 aromatic rings. The van der Waals surface area contributed by atoms with Crippen molar-refractivity contribution in [3.63, 3.8) is 0 Å². The van der Waals surface area contributed by atoms with Crippen LogP contribution in [0.4, 0.5) is 0 Å². The van der Waals surface area contributed by atoms with Crippen molar-refractivity contribution in [2.75, 3.05) is 0 Å². The normalized spacial score (nSPS) is 10.8. The van der Waals surface area contributed by atoms with E-state index in [0.29, 0.717) is 0 Å². The molecular weight excluding hydrogens is 287 g/mol. The van der Waals surface area contributed by atoms with Gasteiger partial charge in [0.15, 0.2) is 5.65 Å². The Balaban J connectivity index is 2.81. The summed E-state index contributed by atoms with van der Waals surface area (Å²) < 4.78 is 1.88. The molecule has 0 N–H and O–H groups in total. The maximum atomic E-state index is 4.20.